The number of anilines is 1. The Morgan fingerprint density at radius 1 is 1.13 bits per heavy atom. The molecule has 2 amide bonds. The predicted octanol–water partition coefficient (Wildman–Crippen LogP) is 3.50. The molecule has 0 unspecified atom stereocenters. The number of rotatable bonds is 6. The Balaban J connectivity index is 2.75. The number of nitrogens with zero attached hydrogens (tertiary/aromatic N) is 1. The molecular weight excluding hydrogens is 288 g/mol. The Morgan fingerprint density at radius 2 is 1.70 bits per heavy atom. The van der Waals surface area contributed by atoms with E-state index in [-0.39, 0.29) is 23.8 Å². The Hall–Kier alpha value is -1.84. The lowest BCUT2D eigenvalue weighted by Gasteiger charge is -2.23. The third-order valence-electron chi connectivity index (χ3n) is 3.77. The van der Waals surface area contributed by atoms with Gasteiger partial charge in [0.15, 0.2) is 0 Å². The number of carbonyl (C=O) groups is 2. The molecule has 0 aromatic heterocycles. The highest BCUT2D eigenvalue weighted by atomic mass is 16.2. The molecule has 0 fully saturated rings. The molecule has 0 spiro atoms. The van der Waals surface area contributed by atoms with Crippen molar-refractivity contribution in [1.29, 1.82) is 0 Å². The quantitative estimate of drug-likeness (QED) is 0.872. The standard InChI is InChI=1S/C19H30N2O2/c1-14(2)11-12-20-18(23)13-21(15(3)22)17-9-7-16(8-10-17)19(4,5)6/h7-10,14H,11-13H2,1-6H3,(H,20,23). The average molecular weight is 318 g/mol. The molecule has 0 radical (unpaired) electrons. The van der Waals surface area contributed by atoms with Crippen molar-refractivity contribution in [3.63, 3.8) is 0 Å². The fraction of sp³-hybridized carbons (Fsp3) is 0.579. The lowest BCUT2D eigenvalue weighted by Crippen LogP contribution is -2.40. The molecule has 0 heterocycles. The number of nitrogens with one attached hydrogen (secondary N) is 1. The molecule has 1 rings (SSSR count). The minimum atomic E-state index is -0.132. The van der Waals surface area contributed by atoms with Gasteiger partial charge in [-0.15, -0.1) is 0 Å². The van der Waals surface area contributed by atoms with E-state index >= 15 is 0 Å². The van der Waals surface area contributed by atoms with E-state index in [2.05, 4.69) is 39.9 Å². The lowest BCUT2D eigenvalue weighted by atomic mass is 9.87. The van der Waals surface area contributed by atoms with Crippen LogP contribution in [0.1, 0.15) is 53.5 Å². The van der Waals surface area contributed by atoms with E-state index in [0.717, 1.165) is 12.1 Å². The van der Waals surface area contributed by atoms with Gasteiger partial charge in [0.2, 0.25) is 11.8 Å². The van der Waals surface area contributed by atoms with Crippen LogP contribution in [0.2, 0.25) is 0 Å². The Labute approximate surface area is 140 Å². The maximum Gasteiger partial charge on any atom is 0.240 e. The molecule has 0 atom stereocenters. The van der Waals surface area contributed by atoms with Gasteiger partial charge < -0.3 is 10.2 Å². The molecule has 0 aliphatic carbocycles. The van der Waals surface area contributed by atoms with Crippen LogP contribution < -0.4 is 10.2 Å². The summed E-state index contributed by atoms with van der Waals surface area (Å²) in [5.41, 5.74) is 2.02. The van der Waals surface area contributed by atoms with Crippen LogP contribution in [0.15, 0.2) is 24.3 Å². The van der Waals surface area contributed by atoms with Crippen LogP contribution in [-0.2, 0) is 15.0 Å². The van der Waals surface area contributed by atoms with Gasteiger partial charge >= 0.3 is 0 Å². The smallest absolute Gasteiger partial charge is 0.240 e. The summed E-state index contributed by atoms with van der Waals surface area (Å²) < 4.78 is 0. The molecule has 0 aliphatic rings. The third-order valence-corrected chi connectivity index (χ3v) is 3.77. The first kappa shape index (κ1) is 19.2. The summed E-state index contributed by atoms with van der Waals surface area (Å²) in [6, 6.07) is 7.84. The second-order valence-corrected chi connectivity index (χ2v) is 7.43. The molecule has 23 heavy (non-hydrogen) atoms. The topological polar surface area (TPSA) is 49.4 Å². The van der Waals surface area contributed by atoms with Crippen LogP contribution in [0.25, 0.3) is 0 Å². The number of hydrogen-bond acceptors (Lipinski definition) is 2. The van der Waals surface area contributed by atoms with Crippen molar-refractivity contribution in [2.45, 2.75) is 53.4 Å². The van der Waals surface area contributed by atoms with Crippen molar-refractivity contribution in [2.24, 2.45) is 5.92 Å². The number of carbonyl (C=O) groups excluding carboxylic acids is 2. The van der Waals surface area contributed by atoms with Gasteiger partial charge in [-0.25, -0.2) is 0 Å². The first-order valence-corrected chi connectivity index (χ1v) is 8.26. The van der Waals surface area contributed by atoms with Crippen LogP contribution in [0.3, 0.4) is 0 Å². The zero-order valence-corrected chi connectivity index (χ0v) is 15.3. The SMILES string of the molecule is CC(=O)N(CC(=O)NCCC(C)C)c1ccc(C(C)(C)C)cc1. The molecule has 0 saturated carbocycles. The van der Waals surface area contributed by atoms with Gasteiger partial charge in [-0.1, -0.05) is 46.8 Å². The van der Waals surface area contributed by atoms with Crippen molar-refractivity contribution in [3.8, 4) is 0 Å². The summed E-state index contributed by atoms with van der Waals surface area (Å²) in [4.78, 5) is 25.4. The molecule has 128 valence electrons. The van der Waals surface area contributed by atoms with Gasteiger partial charge in [0, 0.05) is 19.2 Å². The highest BCUT2D eigenvalue weighted by Crippen LogP contribution is 2.25. The second-order valence-electron chi connectivity index (χ2n) is 7.43. The Bertz CT molecular complexity index is 527. The Morgan fingerprint density at radius 3 is 2.13 bits per heavy atom. The van der Waals surface area contributed by atoms with Gasteiger partial charge in [-0.05, 0) is 35.4 Å². The number of amides is 2. The summed E-state index contributed by atoms with van der Waals surface area (Å²) in [6.45, 7) is 12.9. The predicted molar refractivity (Wildman–Crippen MR) is 95.6 cm³/mol. The lowest BCUT2D eigenvalue weighted by molar-refractivity contribution is -0.123. The first-order chi connectivity index (χ1) is 10.6. The van der Waals surface area contributed by atoms with Gasteiger partial charge in [-0.2, -0.15) is 0 Å². The molecule has 0 bridgehead atoms. The van der Waals surface area contributed by atoms with Crippen LogP contribution >= 0.6 is 0 Å². The number of benzene rings is 1. The number of hydrogen-bond donors (Lipinski definition) is 1. The molecule has 4 heteroatoms. The highest BCUT2D eigenvalue weighted by Gasteiger charge is 2.18. The summed E-state index contributed by atoms with van der Waals surface area (Å²) in [5, 5.41) is 2.87. The van der Waals surface area contributed by atoms with E-state index in [4.69, 9.17) is 0 Å². The molecule has 0 aliphatic heterocycles. The van der Waals surface area contributed by atoms with Crippen LogP contribution in [-0.4, -0.2) is 24.9 Å². The first-order valence-electron chi connectivity index (χ1n) is 8.26. The average Bonchev–Trinajstić information content (AvgIpc) is 2.43. The van der Waals surface area contributed by atoms with E-state index in [1.807, 2.05) is 24.3 Å². The van der Waals surface area contributed by atoms with Crippen LogP contribution in [0, 0.1) is 5.92 Å². The van der Waals surface area contributed by atoms with E-state index in [1.165, 1.54) is 17.4 Å². The van der Waals surface area contributed by atoms with Gasteiger partial charge in [0.25, 0.3) is 0 Å². The largest absolute Gasteiger partial charge is 0.355 e. The normalized spacial score (nSPS) is 11.4. The Kier molecular flexibility index (Phi) is 6.79. The van der Waals surface area contributed by atoms with Crippen LogP contribution in [0.5, 0.6) is 0 Å². The van der Waals surface area contributed by atoms with Crippen molar-refractivity contribution in [2.75, 3.05) is 18.0 Å². The minimum Gasteiger partial charge on any atom is -0.355 e. The molecule has 1 aromatic carbocycles. The van der Waals surface area contributed by atoms with Gasteiger partial charge in [-0.3, -0.25) is 9.59 Å². The van der Waals surface area contributed by atoms with E-state index in [9.17, 15) is 9.59 Å². The molecule has 1 N–H and O–H groups in total. The maximum absolute atomic E-state index is 12.0. The summed E-state index contributed by atoms with van der Waals surface area (Å²) in [6.07, 6.45) is 0.937. The van der Waals surface area contributed by atoms with E-state index in [1.54, 1.807) is 0 Å². The zero-order valence-electron chi connectivity index (χ0n) is 15.3. The fourth-order valence-electron chi connectivity index (χ4n) is 2.23. The van der Waals surface area contributed by atoms with E-state index in [0.29, 0.717) is 12.5 Å². The molecular formula is C19H30N2O2. The fourth-order valence-corrected chi connectivity index (χ4v) is 2.23. The van der Waals surface area contributed by atoms with Gasteiger partial charge in [0.1, 0.15) is 6.54 Å². The zero-order chi connectivity index (χ0) is 17.6. The molecule has 1 aromatic rings. The van der Waals surface area contributed by atoms with Crippen molar-refractivity contribution in [1.82, 2.24) is 5.32 Å². The molecule has 0 saturated heterocycles. The molecule has 4 nitrogen and oxygen atoms in total. The minimum absolute atomic E-state index is 0.0578. The summed E-state index contributed by atoms with van der Waals surface area (Å²) in [5.74, 6) is 0.289. The monoisotopic (exact) mass is 318 g/mol. The van der Waals surface area contributed by atoms with Crippen molar-refractivity contribution in [3.05, 3.63) is 29.8 Å². The van der Waals surface area contributed by atoms with E-state index < -0.39 is 0 Å². The van der Waals surface area contributed by atoms with Crippen molar-refractivity contribution >= 4 is 17.5 Å². The third kappa shape index (κ3) is 6.43. The second kappa shape index (κ2) is 8.14. The van der Waals surface area contributed by atoms with Crippen LogP contribution in [0.4, 0.5) is 5.69 Å². The maximum atomic E-state index is 12.0. The summed E-state index contributed by atoms with van der Waals surface area (Å²) in [7, 11) is 0. The highest BCUT2D eigenvalue weighted by molar-refractivity contribution is 5.97. The van der Waals surface area contributed by atoms with Crippen molar-refractivity contribution < 1.29 is 9.59 Å². The van der Waals surface area contributed by atoms with Gasteiger partial charge in [0.05, 0.1) is 0 Å². The summed E-state index contributed by atoms with van der Waals surface area (Å²) >= 11 is 0.